The first-order valence-electron chi connectivity index (χ1n) is 11.4. The van der Waals surface area contributed by atoms with Crippen LogP contribution in [-0.4, -0.2) is 61.5 Å². The molecule has 10 heteroatoms. The van der Waals surface area contributed by atoms with Gasteiger partial charge in [0.05, 0.1) is 6.54 Å². The van der Waals surface area contributed by atoms with E-state index < -0.39 is 29.8 Å². The van der Waals surface area contributed by atoms with Crippen molar-refractivity contribution >= 4 is 22.6 Å². The summed E-state index contributed by atoms with van der Waals surface area (Å²) >= 11 is 0. The second-order valence-electron chi connectivity index (χ2n) is 9.51. The van der Waals surface area contributed by atoms with Gasteiger partial charge in [-0.15, -0.1) is 10.2 Å². The summed E-state index contributed by atoms with van der Waals surface area (Å²) in [4.78, 5) is 18.4. The number of alkyl halides is 1. The van der Waals surface area contributed by atoms with Gasteiger partial charge in [0.15, 0.2) is 17.6 Å². The fraction of sp³-hybridized carbons (Fsp3) is 0.360. The van der Waals surface area contributed by atoms with E-state index in [1.807, 2.05) is 18.2 Å². The molecule has 4 aromatic rings. The molecule has 1 saturated heterocycles. The third kappa shape index (κ3) is 4.73. The molecular formula is C25H25F2N5O3. The third-order valence-electron chi connectivity index (χ3n) is 5.69. The van der Waals surface area contributed by atoms with Crippen molar-refractivity contribution in [2.24, 2.45) is 0 Å². The lowest BCUT2D eigenvalue weighted by molar-refractivity contribution is -0.0102. The summed E-state index contributed by atoms with van der Waals surface area (Å²) in [5, 5.41) is 9.02. The number of pyridine rings is 2. The van der Waals surface area contributed by atoms with Crippen LogP contribution in [0, 0.1) is 5.82 Å². The SMILES string of the molecule is CC(C)(C)OC(=O)N1CC[C@@H](Oc2cccc3ccc(-c4nnc5ccc(F)cn45)nc23)[C@@H](F)C1. The zero-order valence-corrected chi connectivity index (χ0v) is 19.6. The number of halogens is 2. The average Bonchev–Trinajstić information content (AvgIpc) is 3.22. The Labute approximate surface area is 200 Å². The lowest BCUT2D eigenvalue weighted by Crippen LogP contribution is -2.50. The maximum Gasteiger partial charge on any atom is 0.410 e. The highest BCUT2D eigenvalue weighted by atomic mass is 19.1. The zero-order valence-electron chi connectivity index (χ0n) is 19.6. The van der Waals surface area contributed by atoms with E-state index in [0.29, 0.717) is 41.4 Å². The van der Waals surface area contributed by atoms with Crippen LogP contribution in [0.5, 0.6) is 5.75 Å². The molecule has 0 N–H and O–H groups in total. The zero-order chi connectivity index (χ0) is 24.7. The summed E-state index contributed by atoms with van der Waals surface area (Å²) in [6.07, 6.45) is -1.06. The number of amides is 1. The quantitative estimate of drug-likeness (QED) is 0.418. The van der Waals surface area contributed by atoms with E-state index in [1.54, 1.807) is 32.9 Å². The third-order valence-corrected chi connectivity index (χ3v) is 5.69. The van der Waals surface area contributed by atoms with Crippen molar-refractivity contribution in [3.05, 3.63) is 54.5 Å². The molecule has 4 heterocycles. The first-order valence-corrected chi connectivity index (χ1v) is 11.4. The van der Waals surface area contributed by atoms with E-state index in [-0.39, 0.29) is 6.54 Å². The Hall–Kier alpha value is -3.82. The molecule has 1 aromatic carbocycles. The summed E-state index contributed by atoms with van der Waals surface area (Å²) < 4.78 is 41.8. The predicted molar refractivity (Wildman–Crippen MR) is 125 cm³/mol. The minimum atomic E-state index is -1.39. The van der Waals surface area contributed by atoms with Crippen LogP contribution in [0.1, 0.15) is 27.2 Å². The van der Waals surface area contributed by atoms with Gasteiger partial charge in [-0.3, -0.25) is 4.40 Å². The fourth-order valence-electron chi connectivity index (χ4n) is 4.05. The van der Waals surface area contributed by atoms with Gasteiger partial charge < -0.3 is 14.4 Å². The van der Waals surface area contributed by atoms with Crippen LogP contribution < -0.4 is 4.74 Å². The van der Waals surface area contributed by atoms with Crippen LogP contribution in [0.15, 0.2) is 48.7 Å². The molecule has 1 aliphatic heterocycles. The molecule has 8 nitrogen and oxygen atoms in total. The van der Waals surface area contributed by atoms with Crippen LogP contribution in [0.3, 0.4) is 0 Å². The van der Waals surface area contributed by atoms with E-state index in [2.05, 4.69) is 10.2 Å². The normalized spacial score (nSPS) is 18.7. The molecule has 0 spiro atoms. The van der Waals surface area contributed by atoms with E-state index in [0.717, 1.165) is 5.39 Å². The molecule has 0 bridgehead atoms. The second kappa shape index (κ2) is 8.75. The standard InChI is InChI=1S/C25H25F2N5O3/c1-25(2,3)35-24(33)31-12-11-19(17(27)14-31)34-20-6-4-5-15-7-9-18(28-22(15)20)23-30-29-21-10-8-16(26)13-32(21)23/h4-10,13,17,19H,11-12,14H2,1-3H3/t17-,19+/m0/s1. The summed E-state index contributed by atoms with van der Waals surface area (Å²) in [5.74, 6) is 0.378. The van der Waals surface area contributed by atoms with Gasteiger partial charge in [-0.1, -0.05) is 18.2 Å². The molecule has 3 aromatic heterocycles. The summed E-state index contributed by atoms with van der Waals surface area (Å²) in [5.41, 5.74) is 0.845. The number of likely N-dealkylation sites (tertiary alicyclic amines) is 1. The van der Waals surface area contributed by atoms with Gasteiger partial charge in [-0.2, -0.15) is 0 Å². The Morgan fingerprint density at radius 3 is 2.71 bits per heavy atom. The van der Waals surface area contributed by atoms with E-state index in [4.69, 9.17) is 14.5 Å². The number of para-hydroxylation sites is 1. The van der Waals surface area contributed by atoms with E-state index >= 15 is 4.39 Å². The lowest BCUT2D eigenvalue weighted by Gasteiger charge is -2.35. The predicted octanol–water partition coefficient (Wildman–Crippen LogP) is 4.81. The number of fused-ring (bicyclic) bond motifs is 2. The number of hydrogen-bond donors (Lipinski definition) is 0. The van der Waals surface area contributed by atoms with E-state index in [9.17, 15) is 9.18 Å². The van der Waals surface area contributed by atoms with Crippen LogP contribution in [-0.2, 0) is 4.74 Å². The second-order valence-corrected chi connectivity index (χ2v) is 9.51. The van der Waals surface area contributed by atoms with Gasteiger partial charge in [0, 0.05) is 24.5 Å². The Kier molecular flexibility index (Phi) is 5.74. The topological polar surface area (TPSA) is 81.8 Å². The molecule has 2 atom stereocenters. The smallest absolute Gasteiger partial charge is 0.410 e. The average molecular weight is 482 g/mol. The number of ether oxygens (including phenoxy) is 2. The number of benzene rings is 1. The molecule has 1 fully saturated rings. The number of rotatable bonds is 3. The van der Waals surface area contributed by atoms with Gasteiger partial charge in [-0.05, 0) is 45.0 Å². The lowest BCUT2D eigenvalue weighted by atomic mass is 10.1. The summed E-state index contributed by atoms with van der Waals surface area (Å²) in [6, 6.07) is 11.9. The number of carbonyl (C=O) groups excluding carboxylic acids is 1. The number of carbonyl (C=O) groups is 1. The summed E-state index contributed by atoms with van der Waals surface area (Å²) in [7, 11) is 0. The van der Waals surface area contributed by atoms with Crippen molar-refractivity contribution in [3.63, 3.8) is 0 Å². The van der Waals surface area contributed by atoms with Crippen molar-refractivity contribution in [1.29, 1.82) is 0 Å². The Morgan fingerprint density at radius 2 is 1.94 bits per heavy atom. The molecule has 1 aliphatic rings. The molecule has 0 saturated carbocycles. The highest BCUT2D eigenvalue weighted by molar-refractivity contribution is 5.86. The van der Waals surface area contributed by atoms with Crippen molar-refractivity contribution in [2.75, 3.05) is 13.1 Å². The molecule has 1 amide bonds. The molecule has 35 heavy (non-hydrogen) atoms. The first-order chi connectivity index (χ1) is 16.7. The van der Waals surface area contributed by atoms with Gasteiger partial charge >= 0.3 is 6.09 Å². The van der Waals surface area contributed by atoms with Crippen LogP contribution in [0.2, 0.25) is 0 Å². The Balaban J connectivity index is 1.39. The van der Waals surface area contributed by atoms with Crippen molar-refractivity contribution in [1.82, 2.24) is 24.5 Å². The molecular weight excluding hydrogens is 456 g/mol. The fourth-order valence-corrected chi connectivity index (χ4v) is 4.05. The molecule has 5 rings (SSSR count). The highest BCUT2D eigenvalue weighted by Gasteiger charge is 2.35. The van der Waals surface area contributed by atoms with Gasteiger partial charge in [0.2, 0.25) is 0 Å². The number of piperidine rings is 1. The van der Waals surface area contributed by atoms with Crippen molar-refractivity contribution < 1.29 is 23.0 Å². The molecule has 0 unspecified atom stereocenters. The molecule has 0 radical (unpaired) electrons. The maximum absolute atomic E-state index is 15.0. The van der Waals surface area contributed by atoms with Gasteiger partial charge in [0.25, 0.3) is 0 Å². The monoisotopic (exact) mass is 481 g/mol. The number of aromatic nitrogens is 4. The van der Waals surface area contributed by atoms with Crippen molar-refractivity contribution in [3.8, 4) is 17.3 Å². The molecule has 0 aliphatic carbocycles. The minimum Gasteiger partial charge on any atom is -0.485 e. The highest BCUT2D eigenvalue weighted by Crippen LogP contribution is 2.30. The van der Waals surface area contributed by atoms with E-state index in [1.165, 1.54) is 27.6 Å². The number of nitrogens with zero attached hydrogens (tertiary/aromatic N) is 5. The Bertz CT molecular complexity index is 1400. The maximum atomic E-state index is 15.0. The van der Waals surface area contributed by atoms with Gasteiger partial charge in [0.1, 0.15) is 34.5 Å². The largest absolute Gasteiger partial charge is 0.485 e. The van der Waals surface area contributed by atoms with Crippen LogP contribution >= 0.6 is 0 Å². The van der Waals surface area contributed by atoms with Crippen LogP contribution in [0.25, 0.3) is 28.1 Å². The van der Waals surface area contributed by atoms with Crippen LogP contribution in [0.4, 0.5) is 13.6 Å². The number of hydrogen-bond acceptors (Lipinski definition) is 6. The minimum absolute atomic E-state index is 0.111. The first kappa shape index (κ1) is 22.9. The summed E-state index contributed by atoms with van der Waals surface area (Å²) in [6.45, 7) is 5.53. The van der Waals surface area contributed by atoms with Crippen molar-refractivity contribution in [2.45, 2.75) is 45.1 Å². The van der Waals surface area contributed by atoms with Gasteiger partial charge in [-0.25, -0.2) is 18.6 Å². The Morgan fingerprint density at radius 1 is 1.11 bits per heavy atom. The molecule has 182 valence electrons.